The number of nitrogens with zero attached hydrogens (tertiary/aromatic N) is 1. The molecule has 1 aromatic carbocycles. The zero-order valence-electron chi connectivity index (χ0n) is 17.8. The molecule has 3 N–H and O–H groups in total. The highest BCUT2D eigenvalue weighted by Gasteiger charge is 2.29. The van der Waals surface area contributed by atoms with E-state index in [-0.39, 0.29) is 28.0 Å². The maximum absolute atomic E-state index is 12.9. The van der Waals surface area contributed by atoms with E-state index in [1.54, 1.807) is 6.92 Å². The lowest BCUT2D eigenvalue weighted by atomic mass is 10.0. The highest BCUT2D eigenvalue weighted by molar-refractivity contribution is 7.89. The molecule has 1 aromatic heterocycles. The van der Waals surface area contributed by atoms with Crippen molar-refractivity contribution in [1.82, 2.24) is 10.2 Å². The van der Waals surface area contributed by atoms with Crippen molar-refractivity contribution in [2.75, 3.05) is 19.6 Å². The van der Waals surface area contributed by atoms with E-state index in [0.29, 0.717) is 6.54 Å². The molecular weight excluding hydrogens is 390 g/mol. The highest BCUT2D eigenvalue weighted by atomic mass is 32.2. The Hall–Kier alpha value is -2.16. The Morgan fingerprint density at radius 2 is 1.69 bits per heavy atom. The first kappa shape index (κ1) is 23.1. The summed E-state index contributed by atoms with van der Waals surface area (Å²) in [5, 5.41) is 8.18. The molecule has 29 heavy (non-hydrogen) atoms. The van der Waals surface area contributed by atoms with Gasteiger partial charge < -0.3 is 9.73 Å². The summed E-state index contributed by atoms with van der Waals surface area (Å²) in [6, 6.07) is 8.31. The second-order valence-electron chi connectivity index (χ2n) is 7.01. The van der Waals surface area contributed by atoms with Gasteiger partial charge in [-0.1, -0.05) is 45.0 Å². The van der Waals surface area contributed by atoms with Crippen molar-refractivity contribution in [2.24, 2.45) is 5.14 Å². The summed E-state index contributed by atoms with van der Waals surface area (Å²) in [6.07, 6.45) is 0.961. The number of rotatable bonds is 9. The third-order valence-electron chi connectivity index (χ3n) is 5.20. The average Bonchev–Trinajstić information content (AvgIpc) is 2.99. The van der Waals surface area contributed by atoms with Crippen molar-refractivity contribution in [2.45, 2.75) is 52.0 Å². The largest absolute Gasteiger partial charge is 0.464 e. The van der Waals surface area contributed by atoms with Crippen LogP contribution in [-0.2, 0) is 16.4 Å². The van der Waals surface area contributed by atoms with Gasteiger partial charge in [-0.05, 0) is 44.5 Å². The quantitative estimate of drug-likeness (QED) is 0.648. The highest BCUT2D eigenvalue weighted by Crippen LogP contribution is 2.26. The molecule has 1 heterocycles. The zero-order valence-corrected chi connectivity index (χ0v) is 18.6. The van der Waals surface area contributed by atoms with E-state index in [9.17, 15) is 13.2 Å². The van der Waals surface area contributed by atoms with Gasteiger partial charge in [0.05, 0.1) is 6.04 Å². The maximum atomic E-state index is 12.9. The molecular formula is C21H31N3O4S. The molecule has 1 amide bonds. The van der Waals surface area contributed by atoms with Crippen molar-refractivity contribution < 1.29 is 17.6 Å². The van der Waals surface area contributed by atoms with Crippen molar-refractivity contribution in [3.63, 3.8) is 0 Å². The van der Waals surface area contributed by atoms with E-state index in [1.807, 2.05) is 0 Å². The molecule has 0 saturated heterocycles. The number of aryl methyl sites for hydroxylation is 3. The number of sulfonamides is 1. The fourth-order valence-electron chi connectivity index (χ4n) is 3.64. The van der Waals surface area contributed by atoms with Gasteiger partial charge >= 0.3 is 0 Å². The van der Waals surface area contributed by atoms with Gasteiger partial charge in [0.15, 0.2) is 0 Å². The molecule has 8 heteroatoms. The van der Waals surface area contributed by atoms with E-state index >= 15 is 0 Å². The molecule has 0 spiro atoms. The van der Waals surface area contributed by atoms with Crippen LogP contribution in [0.25, 0.3) is 0 Å². The Kier molecular flexibility index (Phi) is 7.62. The molecule has 0 aliphatic rings. The first-order valence-electron chi connectivity index (χ1n) is 9.87. The van der Waals surface area contributed by atoms with Crippen LogP contribution in [0.3, 0.4) is 0 Å². The van der Waals surface area contributed by atoms with Crippen LogP contribution in [0.4, 0.5) is 0 Å². The predicted molar refractivity (Wildman–Crippen MR) is 113 cm³/mol. The van der Waals surface area contributed by atoms with Crippen molar-refractivity contribution in [1.29, 1.82) is 0 Å². The first-order valence-corrected chi connectivity index (χ1v) is 11.4. The number of amides is 1. The Morgan fingerprint density at radius 3 is 2.17 bits per heavy atom. The standard InChI is InChI=1S/C21H31N3O4S/c1-6-16-9-11-17(12-10-16)18(24(7-2)8-3)13-23-21(25)19-14(4)28-15(5)20(19)29(22,26)27/h9-12,18H,6-8,13H2,1-5H3,(H,23,25)(H2,22,26,27). The van der Waals surface area contributed by atoms with E-state index < -0.39 is 15.9 Å². The molecule has 160 valence electrons. The zero-order chi connectivity index (χ0) is 21.8. The summed E-state index contributed by atoms with van der Waals surface area (Å²) >= 11 is 0. The third kappa shape index (κ3) is 5.26. The van der Waals surface area contributed by atoms with Gasteiger partial charge in [-0.15, -0.1) is 0 Å². The molecule has 0 bridgehead atoms. The second-order valence-corrected chi connectivity index (χ2v) is 8.50. The lowest BCUT2D eigenvalue weighted by molar-refractivity contribution is 0.0930. The Balaban J connectivity index is 2.31. The lowest BCUT2D eigenvalue weighted by Crippen LogP contribution is -2.38. The predicted octanol–water partition coefficient (Wildman–Crippen LogP) is 2.92. The van der Waals surface area contributed by atoms with Gasteiger partial charge in [0.25, 0.3) is 5.91 Å². The fraction of sp³-hybridized carbons (Fsp3) is 0.476. The van der Waals surface area contributed by atoms with Crippen molar-refractivity contribution in [3.8, 4) is 0 Å². The van der Waals surface area contributed by atoms with Crippen LogP contribution in [0.15, 0.2) is 33.6 Å². The second kappa shape index (κ2) is 9.56. The number of likely N-dealkylation sites (N-methyl/N-ethyl adjacent to an activating group) is 1. The van der Waals surface area contributed by atoms with Crippen LogP contribution in [0.1, 0.15) is 59.8 Å². The van der Waals surface area contributed by atoms with E-state index in [4.69, 9.17) is 9.56 Å². The van der Waals surface area contributed by atoms with Crippen LogP contribution >= 0.6 is 0 Å². The number of benzene rings is 1. The van der Waals surface area contributed by atoms with E-state index in [2.05, 4.69) is 55.3 Å². The molecule has 2 rings (SSSR count). The smallest absolute Gasteiger partial charge is 0.256 e. The van der Waals surface area contributed by atoms with Gasteiger partial charge in [-0.2, -0.15) is 0 Å². The fourth-order valence-corrected chi connectivity index (χ4v) is 4.61. The van der Waals surface area contributed by atoms with Crippen LogP contribution in [0, 0.1) is 13.8 Å². The monoisotopic (exact) mass is 421 g/mol. The van der Waals surface area contributed by atoms with Crippen LogP contribution in [0.2, 0.25) is 0 Å². The SMILES string of the molecule is CCc1ccc(C(CNC(=O)c2c(C)oc(C)c2S(N)(=O)=O)N(CC)CC)cc1. The summed E-state index contributed by atoms with van der Waals surface area (Å²) in [7, 11) is -4.08. The van der Waals surface area contributed by atoms with Crippen molar-refractivity contribution in [3.05, 3.63) is 52.5 Å². The number of nitrogens with one attached hydrogen (secondary N) is 1. The minimum atomic E-state index is -4.08. The molecule has 0 aliphatic heterocycles. The van der Waals surface area contributed by atoms with E-state index in [0.717, 1.165) is 25.1 Å². The minimum Gasteiger partial charge on any atom is -0.464 e. The molecule has 0 fully saturated rings. The Labute approximate surface area is 173 Å². The van der Waals surface area contributed by atoms with Crippen LogP contribution in [0.5, 0.6) is 0 Å². The van der Waals surface area contributed by atoms with Gasteiger partial charge in [0, 0.05) is 6.54 Å². The molecule has 0 radical (unpaired) electrons. The van der Waals surface area contributed by atoms with Gasteiger partial charge in [0.2, 0.25) is 10.0 Å². The average molecular weight is 422 g/mol. The van der Waals surface area contributed by atoms with Gasteiger partial charge in [-0.25, -0.2) is 13.6 Å². The topological polar surface area (TPSA) is 106 Å². The number of primary sulfonamides is 1. The summed E-state index contributed by atoms with van der Waals surface area (Å²) in [5.74, 6) is -0.160. The van der Waals surface area contributed by atoms with Gasteiger partial charge in [-0.3, -0.25) is 9.69 Å². The van der Waals surface area contributed by atoms with E-state index in [1.165, 1.54) is 12.5 Å². The van der Waals surface area contributed by atoms with Crippen LogP contribution in [-0.4, -0.2) is 38.9 Å². The number of carbonyl (C=O) groups is 1. The molecule has 0 aliphatic carbocycles. The molecule has 2 aromatic rings. The minimum absolute atomic E-state index is 0.0235. The summed E-state index contributed by atoms with van der Waals surface area (Å²) in [5.41, 5.74) is 2.32. The van der Waals surface area contributed by atoms with Crippen LogP contribution < -0.4 is 10.5 Å². The molecule has 7 nitrogen and oxygen atoms in total. The first-order chi connectivity index (χ1) is 13.6. The normalized spacial score (nSPS) is 12.9. The summed E-state index contributed by atoms with van der Waals surface area (Å²) in [4.78, 5) is 14.9. The summed E-state index contributed by atoms with van der Waals surface area (Å²) in [6.45, 7) is 11.3. The third-order valence-corrected chi connectivity index (χ3v) is 6.26. The maximum Gasteiger partial charge on any atom is 0.256 e. The number of furan rings is 1. The lowest BCUT2D eigenvalue weighted by Gasteiger charge is -2.30. The molecule has 0 saturated carbocycles. The number of carbonyl (C=O) groups excluding carboxylic acids is 1. The Bertz CT molecular complexity index is 945. The molecule has 1 atom stereocenters. The summed E-state index contributed by atoms with van der Waals surface area (Å²) < 4.78 is 29.3. The Morgan fingerprint density at radius 1 is 1.10 bits per heavy atom. The van der Waals surface area contributed by atoms with Crippen molar-refractivity contribution >= 4 is 15.9 Å². The number of hydrogen-bond acceptors (Lipinski definition) is 5. The number of hydrogen-bond donors (Lipinski definition) is 2. The van der Waals surface area contributed by atoms with Gasteiger partial charge in [0.1, 0.15) is 22.0 Å². The number of nitrogens with two attached hydrogens (primary N) is 1. The molecule has 1 unspecified atom stereocenters.